The monoisotopic (exact) mass is 350 g/mol. The van der Waals surface area contributed by atoms with Gasteiger partial charge in [-0.05, 0) is 43.7 Å². The lowest BCUT2D eigenvalue weighted by Crippen LogP contribution is -2.24. The molecule has 2 aromatic rings. The summed E-state index contributed by atoms with van der Waals surface area (Å²) in [6, 6.07) is 5.85. The molecule has 3 nitrogen and oxygen atoms in total. The van der Waals surface area contributed by atoms with E-state index in [1.54, 1.807) is 35.4 Å². The summed E-state index contributed by atoms with van der Waals surface area (Å²) in [5, 5.41) is 2.93. The molecule has 20 heavy (non-hydrogen) atoms. The number of aryl methyl sites for hydroxylation is 2. The van der Waals surface area contributed by atoms with Crippen LogP contribution in [0, 0.1) is 13.8 Å². The largest absolute Gasteiger partial charge is 0.312 e. The average Bonchev–Trinajstić information content (AvgIpc) is 2.81. The number of likely N-dealkylation sites (N-methyl/N-ethyl adjacent to an activating group) is 1. The fourth-order valence-electron chi connectivity index (χ4n) is 1.84. The molecule has 0 aliphatic carbocycles. The van der Waals surface area contributed by atoms with Crippen LogP contribution in [0.3, 0.4) is 0 Å². The van der Waals surface area contributed by atoms with Gasteiger partial charge in [0.2, 0.25) is 0 Å². The van der Waals surface area contributed by atoms with Crippen molar-refractivity contribution in [2.45, 2.75) is 13.8 Å². The Balaban J connectivity index is 2.14. The lowest BCUT2D eigenvalue weighted by Gasteiger charge is -2.18. The van der Waals surface area contributed by atoms with Crippen molar-refractivity contribution in [2.75, 3.05) is 11.9 Å². The molecule has 0 saturated carbocycles. The third kappa shape index (κ3) is 3.55. The molecule has 0 aliphatic rings. The zero-order valence-corrected chi connectivity index (χ0v) is 14.0. The summed E-state index contributed by atoms with van der Waals surface area (Å²) in [4.78, 5) is 18.1. The van der Waals surface area contributed by atoms with Crippen molar-refractivity contribution in [1.29, 1.82) is 0 Å². The Labute approximate surface area is 131 Å². The van der Waals surface area contributed by atoms with Crippen LogP contribution >= 0.6 is 27.3 Å². The van der Waals surface area contributed by atoms with Crippen molar-refractivity contribution < 1.29 is 4.79 Å². The SMILES string of the molecule is Cc1nc(/C=C/C(=O)N(C)c2ccc(Br)cc2C)cs1. The molecule has 0 radical (unpaired) electrons. The second-order valence-corrected chi connectivity index (χ2v) is 6.43. The molecule has 0 spiro atoms. The van der Waals surface area contributed by atoms with Gasteiger partial charge in [0.25, 0.3) is 5.91 Å². The van der Waals surface area contributed by atoms with Crippen molar-refractivity contribution in [3.8, 4) is 0 Å². The van der Waals surface area contributed by atoms with Crippen molar-refractivity contribution >= 4 is 44.9 Å². The van der Waals surface area contributed by atoms with Crippen molar-refractivity contribution in [1.82, 2.24) is 4.98 Å². The number of hydrogen-bond acceptors (Lipinski definition) is 3. The Kier molecular flexibility index (Phi) is 4.73. The van der Waals surface area contributed by atoms with Gasteiger partial charge < -0.3 is 4.90 Å². The summed E-state index contributed by atoms with van der Waals surface area (Å²) < 4.78 is 1.01. The fourth-order valence-corrected chi connectivity index (χ4v) is 2.90. The van der Waals surface area contributed by atoms with Crippen LogP contribution in [0.5, 0.6) is 0 Å². The summed E-state index contributed by atoms with van der Waals surface area (Å²) in [7, 11) is 1.77. The fraction of sp³-hybridized carbons (Fsp3) is 0.200. The first-order chi connectivity index (χ1) is 9.47. The standard InChI is InChI=1S/C15H15BrN2OS/c1-10-8-12(16)4-6-14(10)18(3)15(19)7-5-13-9-20-11(2)17-13/h4-9H,1-3H3/b7-5+. The number of anilines is 1. The number of nitrogens with zero attached hydrogens (tertiary/aromatic N) is 2. The molecule has 0 atom stereocenters. The highest BCUT2D eigenvalue weighted by atomic mass is 79.9. The van der Waals surface area contributed by atoms with E-state index in [1.165, 1.54) is 0 Å². The van der Waals surface area contributed by atoms with E-state index in [4.69, 9.17) is 0 Å². The van der Waals surface area contributed by atoms with Gasteiger partial charge in [0.05, 0.1) is 10.7 Å². The van der Waals surface area contributed by atoms with Crippen LogP contribution in [0.25, 0.3) is 6.08 Å². The molecule has 1 aromatic heterocycles. The molecule has 0 bridgehead atoms. The molecule has 1 amide bonds. The normalized spacial score (nSPS) is 11.0. The van der Waals surface area contributed by atoms with E-state index in [0.717, 1.165) is 26.4 Å². The lowest BCUT2D eigenvalue weighted by molar-refractivity contribution is -0.113. The lowest BCUT2D eigenvalue weighted by atomic mass is 10.2. The molecule has 5 heteroatoms. The van der Waals surface area contributed by atoms with Gasteiger partial charge in [-0.25, -0.2) is 4.98 Å². The van der Waals surface area contributed by atoms with Crippen LogP contribution in [-0.2, 0) is 4.79 Å². The van der Waals surface area contributed by atoms with E-state index in [9.17, 15) is 4.79 Å². The second-order valence-electron chi connectivity index (χ2n) is 4.45. The number of benzene rings is 1. The Morgan fingerprint density at radius 3 is 2.75 bits per heavy atom. The van der Waals surface area contributed by atoms with Crippen LogP contribution < -0.4 is 4.90 Å². The van der Waals surface area contributed by atoms with E-state index in [1.807, 2.05) is 37.4 Å². The predicted molar refractivity (Wildman–Crippen MR) is 88.2 cm³/mol. The number of amides is 1. The van der Waals surface area contributed by atoms with Crippen LogP contribution in [-0.4, -0.2) is 17.9 Å². The maximum absolute atomic E-state index is 12.2. The minimum atomic E-state index is -0.0684. The van der Waals surface area contributed by atoms with Gasteiger partial charge in [-0.15, -0.1) is 11.3 Å². The van der Waals surface area contributed by atoms with E-state index >= 15 is 0 Å². The number of thiazole rings is 1. The van der Waals surface area contributed by atoms with E-state index < -0.39 is 0 Å². The number of aromatic nitrogens is 1. The molecule has 0 unspecified atom stereocenters. The maximum atomic E-state index is 12.2. The summed E-state index contributed by atoms with van der Waals surface area (Å²) in [6.45, 7) is 3.93. The Morgan fingerprint density at radius 1 is 1.40 bits per heavy atom. The first kappa shape index (κ1) is 14.9. The number of carbonyl (C=O) groups excluding carboxylic acids is 1. The highest BCUT2D eigenvalue weighted by Crippen LogP contribution is 2.23. The minimum Gasteiger partial charge on any atom is -0.312 e. The van der Waals surface area contributed by atoms with Gasteiger partial charge in [0.1, 0.15) is 0 Å². The third-order valence-electron chi connectivity index (χ3n) is 2.88. The molecular formula is C15H15BrN2OS. The molecule has 104 valence electrons. The van der Waals surface area contributed by atoms with Gasteiger partial charge in [-0.3, -0.25) is 4.79 Å². The molecule has 0 fully saturated rings. The maximum Gasteiger partial charge on any atom is 0.250 e. The number of rotatable bonds is 3. The van der Waals surface area contributed by atoms with Gasteiger partial charge >= 0.3 is 0 Å². The Bertz CT molecular complexity index is 664. The Morgan fingerprint density at radius 2 is 2.15 bits per heavy atom. The Hall–Kier alpha value is -1.46. The van der Waals surface area contributed by atoms with E-state index in [-0.39, 0.29) is 5.91 Å². The second kappa shape index (κ2) is 6.33. The number of hydrogen-bond donors (Lipinski definition) is 0. The minimum absolute atomic E-state index is 0.0684. The molecule has 1 aromatic carbocycles. The van der Waals surface area contributed by atoms with E-state index in [0.29, 0.717) is 0 Å². The molecule has 0 N–H and O–H groups in total. The predicted octanol–water partition coefficient (Wildman–Crippen LogP) is 4.20. The van der Waals surface area contributed by atoms with Gasteiger partial charge in [0, 0.05) is 28.7 Å². The van der Waals surface area contributed by atoms with Crippen molar-refractivity contribution in [3.05, 3.63) is 50.4 Å². The zero-order chi connectivity index (χ0) is 14.7. The smallest absolute Gasteiger partial charge is 0.250 e. The number of carbonyl (C=O) groups is 1. The summed E-state index contributed by atoms with van der Waals surface area (Å²) in [6.07, 6.45) is 3.30. The highest BCUT2D eigenvalue weighted by Gasteiger charge is 2.10. The molecule has 0 aliphatic heterocycles. The average molecular weight is 351 g/mol. The number of halogens is 1. The first-order valence-electron chi connectivity index (χ1n) is 6.11. The summed E-state index contributed by atoms with van der Waals surface area (Å²) in [5.74, 6) is -0.0684. The first-order valence-corrected chi connectivity index (χ1v) is 7.78. The zero-order valence-electron chi connectivity index (χ0n) is 11.6. The van der Waals surface area contributed by atoms with Crippen molar-refractivity contribution in [2.24, 2.45) is 0 Å². The quantitative estimate of drug-likeness (QED) is 0.777. The van der Waals surface area contributed by atoms with Crippen LogP contribution in [0.15, 0.2) is 34.1 Å². The third-order valence-corrected chi connectivity index (χ3v) is 4.17. The van der Waals surface area contributed by atoms with Crippen LogP contribution in [0.1, 0.15) is 16.3 Å². The molecular weight excluding hydrogens is 336 g/mol. The van der Waals surface area contributed by atoms with Crippen LogP contribution in [0.2, 0.25) is 0 Å². The molecule has 2 rings (SSSR count). The van der Waals surface area contributed by atoms with Crippen molar-refractivity contribution in [3.63, 3.8) is 0 Å². The highest BCUT2D eigenvalue weighted by molar-refractivity contribution is 9.10. The topological polar surface area (TPSA) is 33.2 Å². The summed E-state index contributed by atoms with van der Waals surface area (Å²) >= 11 is 4.99. The molecule has 0 saturated heterocycles. The summed E-state index contributed by atoms with van der Waals surface area (Å²) in [5.41, 5.74) is 2.77. The molecule has 1 heterocycles. The van der Waals surface area contributed by atoms with Crippen LogP contribution in [0.4, 0.5) is 5.69 Å². The van der Waals surface area contributed by atoms with Gasteiger partial charge in [0.15, 0.2) is 0 Å². The van der Waals surface area contributed by atoms with Gasteiger partial charge in [-0.1, -0.05) is 15.9 Å². The van der Waals surface area contributed by atoms with Gasteiger partial charge in [-0.2, -0.15) is 0 Å². The van der Waals surface area contributed by atoms with E-state index in [2.05, 4.69) is 20.9 Å².